The van der Waals surface area contributed by atoms with Gasteiger partial charge in [-0.15, -0.1) is 0 Å². The topological polar surface area (TPSA) is 83.3 Å². The van der Waals surface area contributed by atoms with Crippen LogP contribution in [0.2, 0.25) is 10.0 Å². The molecule has 7 nitrogen and oxygen atoms in total. The van der Waals surface area contributed by atoms with Crippen molar-refractivity contribution in [1.29, 1.82) is 0 Å². The van der Waals surface area contributed by atoms with E-state index < -0.39 is 0 Å². The largest absolute Gasteiger partial charge is 0.390 e. The highest BCUT2D eigenvalue weighted by Gasteiger charge is 2.23. The first kappa shape index (κ1) is 21.9. The van der Waals surface area contributed by atoms with Gasteiger partial charge >= 0.3 is 0 Å². The van der Waals surface area contributed by atoms with Gasteiger partial charge in [-0.25, -0.2) is 4.98 Å². The highest BCUT2D eigenvalue weighted by molar-refractivity contribution is 6.39. The molecule has 3 heterocycles. The number of likely N-dealkylation sites (tertiary alicyclic amines) is 1. The fourth-order valence-corrected chi connectivity index (χ4v) is 4.59. The van der Waals surface area contributed by atoms with Crippen LogP contribution in [0.25, 0.3) is 22.2 Å². The number of nitrogens with zero attached hydrogens (tertiary/aromatic N) is 4. The average Bonchev–Trinajstić information content (AvgIpc) is 2.77. The van der Waals surface area contributed by atoms with Crippen molar-refractivity contribution in [3.8, 4) is 11.1 Å². The molecule has 2 aromatic heterocycles. The molecule has 0 saturated carbocycles. The smallest absolute Gasteiger partial charge is 0.259 e. The minimum atomic E-state index is -0.248. The van der Waals surface area contributed by atoms with E-state index in [9.17, 15) is 9.90 Å². The Balaban J connectivity index is 1.42. The first-order valence-electron chi connectivity index (χ1n) is 10.5. The van der Waals surface area contributed by atoms with E-state index in [0.29, 0.717) is 51.2 Å². The fourth-order valence-electron chi connectivity index (χ4n) is 3.99. The number of nitrogens with one attached hydrogen (secondary N) is 1. The molecule has 9 heteroatoms. The SMILES string of the molecule is Cn1c(=O)c(-c2c(Cl)cccc2Cl)cc2cnc(Nc3ccc(CN4CC(O)C4)cc3)nc21. The third kappa shape index (κ3) is 4.32. The maximum absolute atomic E-state index is 13.1. The normalized spacial score (nSPS) is 14.4. The zero-order chi connectivity index (χ0) is 23.1. The molecule has 1 fully saturated rings. The minimum Gasteiger partial charge on any atom is -0.390 e. The van der Waals surface area contributed by atoms with Crippen molar-refractivity contribution >= 4 is 45.9 Å². The monoisotopic (exact) mass is 481 g/mol. The van der Waals surface area contributed by atoms with Crippen molar-refractivity contribution in [1.82, 2.24) is 19.4 Å². The highest BCUT2D eigenvalue weighted by atomic mass is 35.5. The summed E-state index contributed by atoms with van der Waals surface area (Å²) < 4.78 is 1.47. The van der Waals surface area contributed by atoms with Crippen LogP contribution < -0.4 is 10.9 Å². The minimum absolute atomic E-state index is 0.204. The van der Waals surface area contributed by atoms with Crippen LogP contribution in [0, 0.1) is 0 Å². The number of aryl methyl sites for hydroxylation is 1. The van der Waals surface area contributed by atoms with Crippen molar-refractivity contribution in [3.63, 3.8) is 0 Å². The lowest BCUT2D eigenvalue weighted by atomic mass is 10.1. The second-order valence-corrected chi connectivity index (χ2v) is 8.98. The predicted octanol–water partition coefficient (Wildman–Crippen LogP) is 4.22. The molecular formula is C24H21Cl2N5O2. The van der Waals surface area contributed by atoms with E-state index in [0.717, 1.165) is 12.2 Å². The Bertz CT molecular complexity index is 1380. The highest BCUT2D eigenvalue weighted by Crippen LogP contribution is 2.33. The molecule has 0 unspecified atom stereocenters. The molecule has 0 radical (unpaired) electrons. The molecule has 0 amide bonds. The number of fused-ring (bicyclic) bond motifs is 1. The molecule has 4 aromatic rings. The van der Waals surface area contributed by atoms with Gasteiger partial charge in [0.25, 0.3) is 5.56 Å². The van der Waals surface area contributed by atoms with Gasteiger partial charge in [0.05, 0.1) is 21.7 Å². The van der Waals surface area contributed by atoms with Crippen LogP contribution in [-0.2, 0) is 13.6 Å². The van der Waals surface area contributed by atoms with Crippen LogP contribution in [-0.4, -0.2) is 43.7 Å². The number of anilines is 2. The summed E-state index contributed by atoms with van der Waals surface area (Å²) in [5, 5.41) is 14.1. The number of aliphatic hydroxyl groups is 1. The number of benzene rings is 2. The summed E-state index contributed by atoms with van der Waals surface area (Å²) in [6.45, 7) is 2.24. The molecule has 5 rings (SSSR count). The molecule has 1 aliphatic rings. The summed E-state index contributed by atoms with van der Waals surface area (Å²) in [5.74, 6) is 0.389. The van der Waals surface area contributed by atoms with E-state index in [-0.39, 0.29) is 11.7 Å². The van der Waals surface area contributed by atoms with E-state index in [1.807, 2.05) is 24.3 Å². The van der Waals surface area contributed by atoms with Crippen molar-refractivity contribution in [3.05, 3.63) is 80.7 Å². The van der Waals surface area contributed by atoms with Gasteiger partial charge in [0.1, 0.15) is 5.65 Å². The summed E-state index contributed by atoms with van der Waals surface area (Å²) in [6, 6.07) is 14.8. The number of rotatable bonds is 5. The zero-order valence-corrected chi connectivity index (χ0v) is 19.3. The molecule has 0 bridgehead atoms. The quantitative estimate of drug-likeness (QED) is 0.443. The number of halogens is 2. The third-order valence-corrected chi connectivity index (χ3v) is 6.36. The van der Waals surface area contributed by atoms with E-state index in [4.69, 9.17) is 23.2 Å². The lowest BCUT2D eigenvalue weighted by Gasteiger charge is -2.35. The molecule has 2 N–H and O–H groups in total. The van der Waals surface area contributed by atoms with Crippen molar-refractivity contribution in [2.45, 2.75) is 12.6 Å². The third-order valence-electron chi connectivity index (χ3n) is 5.73. The molecule has 0 spiro atoms. The van der Waals surface area contributed by atoms with E-state index in [2.05, 4.69) is 20.2 Å². The van der Waals surface area contributed by atoms with E-state index in [1.165, 1.54) is 10.1 Å². The van der Waals surface area contributed by atoms with Crippen molar-refractivity contribution in [2.75, 3.05) is 18.4 Å². The molecule has 168 valence electrons. The van der Waals surface area contributed by atoms with Crippen LogP contribution in [0.1, 0.15) is 5.56 Å². The van der Waals surface area contributed by atoms with Gasteiger partial charge in [-0.2, -0.15) is 4.98 Å². The van der Waals surface area contributed by atoms with Gasteiger partial charge < -0.3 is 10.4 Å². The number of aromatic nitrogens is 3. The zero-order valence-electron chi connectivity index (χ0n) is 17.8. The van der Waals surface area contributed by atoms with Crippen LogP contribution in [0.5, 0.6) is 0 Å². The second-order valence-electron chi connectivity index (χ2n) is 8.16. The van der Waals surface area contributed by atoms with Gasteiger partial charge in [0, 0.05) is 49.5 Å². The molecule has 0 aliphatic carbocycles. The van der Waals surface area contributed by atoms with Crippen LogP contribution in [0.3, 0.4) is 0 Å². The lowest BCUT2D eigenvalue weighted by molar-refractivity contribution is -0.00286. The second kappa shape index (κ2) is 8.76. The molecule has 33 heavy (non-hydrogen) atoms. The summed E-state index contributed by atoms with van der Waals surface area (Å²) in [5.41, 5.74) is 3.15. The molecule has 0 atom stereocenters. The summed E-state index contributed by atoms with van der Waals surface area (Å²) in [4.78, 5) is 24.2. The number of β-amino-alcohol motifs (C(OH)–C–C–N with tert-alkyl or cyclic N) is 1. The standard InChI is InChI=1S/C24H21Cl2N5O2/c1-30-22-15(9-18(23(30)33)21-19(25)3-2-4-20(21)26)10-27-24(29-22)28-16-7-5-14(6-8-16)11-31-12-17(32)13-31/h2-10,17,32H,11-13H2,1H3,(H,27,28,29). The molecule has 1 aliphatic heterocycles. The van der Waals surface area contributed by atoms with Gasteiger partial charge in [0.15, 0.2) is 0 Å². The Morgan fingerprint density at radius 1 is 1.12 bits per heavy atom. The van der Waals surface area contributed by atoms with Crippen LogP contribution >= 0.6 is 23.2 Å². The Labute approximate surface area is 200 Å². The van der Waals surface area contributed by atoms with Crippen molar-refractivity contribution < 1.29 is 5.11 Å². The molecular weight excluding hydrogens is 461 g/mol. The Kier molecular flexibility index (Phi) is 5.80. The number of pyridine rings is 1. The number of hydrogen-bond donors (Lipinski definition) is 2. The van der Waals surface area contributed by atoms with Gasteiger partial charge in [0.2, 0.25) is 5.95 Å². The summed E-state index contributed by atoms with van der Waals surface area (Å²) in [6.07, 6.45) is 1.46. The van der Waals surface area contributed by atoms with Gasteiger partial charge in [-0.05, 0) is 35.9 Å². The van der Waals surface area contributed by atoms with E-state index in [1.54, 1.807) is 37.5 Å². The van der Waals surface area contributed by atoms with E-state index >= 15 is 0 Å². The molecule has 2 aromatic carbocycles. The summed E-state index contributed by atoms with van der Waals surface area (Å²) in [7, 11) is 1.66. The van der Waals surface area contributed by atoms with Crippen LogP contribution in [0.15, 0.2) is 59.5 Å². The van der Waals surface area contributed by atoms with Gasteiger partial charge in [-0.1, -0.05) is 41.4 Å². The Hall–Kier alpha value is -2.97. The Morgan fingerprint density at radius 2 is 1.82 bits per heavy atom. The lowest BCUT2D eigenvalue weighted by Crippen LogP contribution is -2.49. The predicted molar refractivity (Wildman–Crippen MR) is 131 cm³/mol. The van der Waals surface area contributed by atoms with Crippen LogP contribution in [0.4, 0.5) is 11.6 Å². The first-order chi connectivity index (χ1) is 15.9. The average molecular weight is 482 g/mol. The maximum atomic E-state index is 13.1. The first-order valence-corrected chi connectivity index (χ1v) is 11.2. The fraction of sp³-hybridized carbons (Fsp3) is 0.208. The van der Waals surface area contributed by atoms with Gasteiger partial charge in [-0.3, -0.25) is 14.3 Å². The number of aliphatic hydroxyl groups excluding tert-OH is 1. The number of hydrogen-bond acceptors (Lipinski definition) is 6. The maximum Gasteiger partial charge on any atom is 0.259 e. The summed E-state index contributed by atoms with van der Waals surface area (Å²) >= 11 is 12.6. The van der Waals surface area contributed by atoms with Crippen molar-refractivity contribution in [2.24, 2.45) is 7.05 Å². The Morgan fingerprint density at radius 3 is 2.48 bits per heavy atom. The molecule has 1 saturated heterocycles.